The summed E-state index contributed by atoms with van der Waals surface area (Å²) in [6.45, 7) is 4.68. The average Bonchev–Trinajstić information content (AvgIpc) is 2.69. The Bertz CT molecular complexity index is 340. The van der Waals surface area contributed by atoms with E-state index in [4.69, 9.17) is 0 Å². The Hall–Kier alpha value is -1.01. The number of nitrogens with zero attached hydrogens (tertiary/aromatic N) is 4. The van der Waals surface area contributed by atoms with Crippen LogP contribution in [-0.2, 0) is 0 Å². The molecule has 1 atom stereocenters. The number of carbonyl (C=O) groups is 1. The molecule has 1 aromatic heterocycles. The van der Waals surface area contributed by atoms with Gasteiger partial charge in [0.15, 0.2) is 5.69 Å². The number of amides is 1. The van der Waals surface area contributed by atoms with E-state index in [1.165, 1.54) is 11.5 Å². The molecule has 1 aliphatic rings. The first-order chi connectivity index (χ1) is 7.18. The molecule has 82 valence electrons. The lowest BCUT2D eigenvalue weighted by atomic mass is 10.2. The maximum Gasteiger partial charge on any atom is 0.275 e. The zero-order valence-electron chi connectivity index (χ0n) is 8.88. The highest BCUT2D eigenvalue weighted by molar-refractivity contribution is 7.03. The predicted molar refractivity (Wildman–Crippen MR) is 57.9 cm³/mol. The summed E-state index contributed by atoms with van der Waals surface area (Å²) in [5.74, 6) is 0.00403. The molecule has 5 nitrogen and oxygen atoms in total. The second kappa shape index (κ2) is 4.24. The molecule has 0 aromatic carbocycles. The van der Waals surface area contributed by atoms with Crippen molar-refractivity contribution >= 4 is 17.4 Å². The van der Waals surface area contributed by atoms with Gasteiger partial charge in [0.05, 0.1) is 0 Å². The van der Waals surface area contributed by atoms with Gasteiger partial charge in [-0.1, -0.05) is 4.49 Å². The van der Waals surface area contributed by atoms with Crippen LogP contribution in [0, 0.1) is 0 Å². The third-order valence-electron chi connectivity index (χ3n) is 2.67. The Labute approximate surface area is 92.9 Å². The molecule has 0 bridgehead atoms. The Morgan fingerprint density at radius 2 is 2.40 bits per heavy atom. The van der Waals surface area contributed by atoms with Crippen LogP contribution in [0.3, 0.4) is 0 Å². The second-order valence-corrected chi connectivity index (χ2v) is 4.51. The van der Waals surface area contributed by atoms with Gasteiger partial charge in [-0.2, -0.15) is 0 Å². The molecule has 0 saturated carbocycles. The summed E-state index contributed by atoms with van der Waals surface area (Å²) in [6, 6.07) is 0.248. The van der Waals surface area contributed by atoms with Crippen LogP contribution in [0.25, 0.3) is 0 Å². The van der Waals surface area contributed by atoms with Crippen LogP contribution in [0.5, 0.6) is 0 Å². The molecule has 1 fully saturated rings. The highest BCUT2D eigenvalue weighted by Gasteiger charge is 2.27. The Balaban J connectivity index is 2.08. The van der Waals surface area contributed by atoms with Crippen LogP contribution in [0.1, 0.15) is 17.4 Å². The molecule has 1 aromatic rings. The van der Waals surface area contributed by atoms with E-state index in [0.29, 0.717) is 5.69 Å². The van der Waals surface area contributed by atoms with Crippen LogP contribution in [0.4, 0.5) is 0 Å². The highest BCUT2D eigenvalue weighted by atomic mass is 32.1. The molecule has 0 unspecified atom stereocenters. The number of rotatable bonds is 1. The van der Waals surface area contributed by atoms with Crippen molar-refractivity contribution in [1.29, 1.82) is 0 Å². The van der Waals surface area contributed by atoms with Gasteiger partial charge in [0.25, 0.3) is 5.91 Å². The van der Waals surface area contributed by atoms with Crippen LogP contribution in [-0.4, -0.2) is 58.0 Å². The molecule has 2 rings (SSSR count). The molecular weight excluding hydrogens is 212 g/mol. The van der Waals surface area contributed by atoms with Gasteiger partial charge in [0.2, 0.25) is 0 Å². The zero-order valence-corrected chi connectivity index (χ0v) is 9.70. The van der Waals surface area contributed by atoms with E-state index in [1.807, 2.05) is 4.90 Å². The van der Waals surface area contributed by atoms with Crippen molar-refractivity contribution < 1.29 is 4.79 Å². The van der Waals surface area contributed by atoms with Crippen molar-refractivity contribution in [3.05, 3.63) is 11.1 Å². The lowest BCUT2D eigenvalue weighted by Crippen LogP contribution is -2.52. The number of carbonyl (C=O) groups excluding carboxylic acids is 1. The molecule has 15 heavy (non-hydrogen) atoms. The number of piperazine rings is 1. The van der Waals surface area contributed by atoms with Crippen molar-refractivity contribution in [3.63, 3.8) is 0 Å². The van der Waals surface area contributed by atoms with Crippen molar-refractivity contribution in [3.8, 4) is 0 Å². The van der Waals surface area contributed by atoms with Gasteiger partial charge in [-0.15, -0.1) is 5.10 Å². The van der Waals surface area contributed by atoms with Crippen molar-refractivity contribution in [2.45, 2.75) is 13.0 Å². The smallest absolute Gasteiger partial charge is 0.275 e. The van der Waals surface area contributed by atoms with Crippen molar-refractivity contribution in [2.24, 2.45) is 0 Å². The molecule has 0 aliphatic carbocycles. The van der Waals surface area contributed by atoms with Crippen molar-refractivity contribution in [2.75, 3.05) is 26.7 Å². The van der Waals surface area contributed by atoms with Gasteiger partial charge >= 0.3 is 0 Å². The molecule has 1 saturated heterocycles. The van der Waals surface area contributed by atoms with Crippen LogP contribution < -0.4 is 0 Å². The highest BCUT2D eigenvalue weighted by Crippen LogP contribution is 2.12. The number of hydrogen-bond acceptors (Lipinski definition) is 5. The minimum Gasteiger partial charge on any atom is -0.332 e. The summed E-state index contributed by atoms with van der Waals surface area (Å²) in [6.07, 6.45) is 0. The van der Waals surface area contributed by atoms with Gasteiger partial charge in [-0.3, -0.25) is 4.79 Å². The fraction of sp³-hybridized carbons (Fsp3) is 0.667. The minimum atomic E-state index is 0.00403. The first-order valence-electron chi connectivity index (χ1n) is 4.95. The molecule has 6 heteroatoms. The fourth-order valence-electron chi connectivity index (χ4n) is 1.85. The van der Waals surface area contributed by atoms with Gasteiger partial charge in [0, 0.05) is 31.1 Å². The van der Waals surface area contributed by atoms with E-state index in [-0.39, 0.29) is 11.9 Å². The SMILES string of the molecule is C[C@H]1CN(C)CCN1C(=O)c1csnn1. The van der Waals surface area contributed by atoms with Gasteiger partial charge < -0.3 is 9.80 Å². The third kappa shape index (κ3) is 2.15. The Morgan fingerprint density at radius 3 is 3.00 bits per heavy atom. The second-order valence-electron chi connectivity index (χ2n) is 3.90. The van der Waals surface area contributed by atoms with E-state index in [9.17, 15) is 4.79 Å². The fourth-order valence-corrected chi connectivity index (χ4v) is 2.28. The normalized spacial score (nSPS) is 23.1. The number of likely N-dealkylation sites (N-methyl/N-ethyl adjacent to an activating group) is 1. The number of hydrogen-bond donors (Lipinski definition) is 0. The summed E-state index contributed by atoms with van der Waals surface area (Å²) in [5, 5.41) is 5.51. The minimum absolute atomic E-state index is 0.00403. The van der Waals surface area contributed by atoms with E-state index in [0.717, 1.165) is 19.6 Å². The summed E-state index contributed by atoms with van der Waals surface area (Å²) in [5.41, 5.74) is 0.469. The van der Waals surface area contributed by atoms with Gasteiger partial charge in [0.1, 0.15) is 0 Å². The van der Waals surface area contributed by atoms with E-state index in [2.05, 4.69) is 28.5 Å². The summed E-state index contributed by atoms with van der Waals surface area (Å²) < 4.78 is 3.71. The molecule has 2 heterocycles. The predicted octanol–water partition coefficient (Wildman–Crippen LogP) is 0.314. The lowest BCUT2D eigenvalue weighted by molar-refractivity contribution is 0.0528. The quantitative estimate of drug-likeness (QED) is 0.691. The lowest BCUT2D eigenvalue weighted by Gasteiger charge is -2.37. The van der Waals surface area contributed by atoms with Crippen LogP contribution in [0.2, 0.25) is 0 Å². The standard InChI is InChI=1S/C9H14N4OS/c1-7-5-12(2)3-4-13(7)9(14)8-6-15-11-10-8/h6-7H,3-5H2,1-2H3/t7-/m0/s1. The first-order valence-corrected chi connectivity index (χ1v) is 5.78. The maximum atomic E-state index is 12.0. The van der Waals surface area contributed by atoms with Crippen LogP contribution >= 0.6 is 11.5 Å². The largest absolute Gasteiger partial charge is 0.332 e. The van der Waals surface area contributed by atoms with Gasteiger partial charge in [-0.25, -0.2) is 0 Å². The molecular formula is C9H14N4OS. The number of aromatic nitrogens is 2. The van der Waals surface area contributed by atoms with E-state index in [1.54, 1.807) is 5.38 Å². The third-order valence-corrected chi connectivity index (χ3v) is 3.18. The molecule has 0 radical (unpaired) electrons. The first kappa shape index (κ1) is 10.5. The maximum absolute atomic E-state index is 12.0. The monoisotopic (exact) mass is 226 g/mol. The molecule has 0 N–H and O–H groups in total. The summed E-state index contributed by atoms with van der Waals surface area (Å²) in [4.78, 5) is 16.1. The Kier molecular flexibility index (Phi) is 2.97. The zero-order chi connectivity index (χ0) is 10.8. The summed E-state index contributed by atoms with van der Waals surface area (Å²) >= 11 is 1.21. The van der Waals surface area contributed by atoms with E-state index < -0.39 is 0 Å². The molecule has 0 spiro atoms. The van der Waals surface area contributed by atoms with E-state index >= 15 is 0 Å². The summed E-state index contributed by atoms with van der Waals surface area (Å²) in [7, 11) is 2.07. The average molecular weight is 226 g/mol. The topological polar surface area (TPSA) is 49.3 Å². The van der Waals surface area contributed by atoms with Crippen LogP contribution in [0.15, 0.2) is 5.38 Å². The van der Waals surface area contributed by atoms with Gasteiger partial charge in [-0.05, 0) is 25.5 Å². The van der Waals surface area contributed by atoms with Crippen molar-refractivity contribution in [1.82, 2.24) is 19.4 Å². The molecule has 1 amide bonds. The molecule has 1 aliphatic heterocycles. The Morgan fingerprint density at radius 1 is 1.60 bits per heavy atom.